The molecule has 0 atom stereocenters. The van der Waals surface area contributed by atoms with Gasteiger partial charge in [0.15, 0.2) is 11.6 Å². The van der Waals surface area contributed by atoms with Gasteiger partial charge in [0.2, 0.25) is 5.43 Å². The van der Waals surface area contributed by atoms with Crippen molar-refractivity contribution in [3.05, 3.63) is 45.0 Å². The summed E-state index contributed by atoms with van der Waals surface area (Å²) in [5, 5.41) is 9.47. The van der Waals surface area contributed by atoms with Crippen molar-refractivity contribution in [2.45, 2.75) is 38.6 Å². The zero-order valence-corrected chi connectivity index (χ0v) is 17.2. The second-order valence-corrected chi connectivity index (χ2v) is 8.03. The van der Waals surface area contributed by atoms with Gasteiger partial charge in [0.1, 0.15) is 11.3 Å². The maximum Gasteiger partial charge on any atom is 0.341 e. The number of nitrogens with zero attached hydrogens (tertiary/aromatic N) is 2. The Bertz CT molecular complexity index is 1110. The van der Waals surface area contributed by atoms with E-state index in [0.29, 0.717) is 30.8 Å². The minimum atomic E-state index is -1.31. The van der Waals surface area contributed by atoms with Crippen molar-refractivity contribution in [3.63, 3.8) is 0 Å². The Hall–Kier alpha value is -2.87. The highest BCUT2D eigenvalue weighted by Gasteiger charge is 2.31. The molecule has 0 radical (unpaired) electrons. The number of rotatable bonds is 5. The molecule has 30 heavy (non-hydrogen) atoms. The maximum atomic E-state index is 15.3. The number of fused-ring (bicyclic) bond motifs is 1. The number of benzene rings is 1. The lowest BCUT2D eigenvalue weighted by Crippen LogP contribution is -2.32. The topological polar surface area (TPSA) is 97.8 Å². The standard InChI is InChI=1S/C22H26FN3O4/c1-12(10-24)13-5-7-25(8-6-13)19-17(23)9-15-18(21(19)30-2)26(14-3-4-14)11-16(20(15)27)22(28)29/h9,11,14H,3-8,10,24H2,1-2H3,(H,28,29). The first kappa shape index (κ1) is 20.4. The fourth-order valence-corrected chi connectivity index (χ4v) is 4.30. The zero-order valence-electron chi connectivity index (χ0n) is 17.2. The van der Waals surface area contributed by atoms with Gasteiger partial charge in [-0.05, 0) is 38.7 Å². The molecule has 1 aromatic carbocycles. The van der Waals surface area contributed by atoms with E-state index in [2.05, 4.69) is 0 Å². The molecule has 1 aromatic heterocycles. The molecule has 3 N–H and O–H groups in total. The Kier molecular flexibility index (Phi) is 5.27. The number of carboxylic acid groups (broad SMARTS) is 1. The summed E-state index contributed by atoms with van der Waals surface area (Å²) in [6.07, 6.45) is 4.71. The van der Waals surface area contributed by atoms with Crippen molar-refractivity contribution in [2.24, 2.45) is 5.73 Å². The molecule has 0 amide bonds. The summed E-state index contributed by atoms with van der Waals surface area (Å²) in [7, 11) is 1.46. The van der Waals surface area contributed by atoms with Crippen molar-refractivity contribution in [1.29, 1.82) is 0 Å². The van der Waals surface area contributed by atoms with E-state index in [9.17, 15) is 14.7 Å². The first-order valence-electron chi connectivity index (χ1n) is 10.2. The smallest absolute Gasteiger partial charge is 0.341 e. The normalized spacial score (nSPS) is 16.8. The first-order chi connectivity index (χ1) is 14.4. The van der Waals surface area contributed by atoms with Gasteiger partial charge in [0.25, 0.3) is 0 Å². The predicted octanol–water partition coefficient (Wildman–Crippen LogP) is 3.06. The van der Waals surface area contributed by atoms with Gasteiger partial charge < -0.3 is 25.0 Å². The molecule has 4 rings (SSSR count). The van der Waals surface area contributed by atoms with Gasteiger partial charge in [0.05, 0.1) is 18.0 Å². The number of hydrogen-bond donors (Lipinski definition) is 2. The average Bonchev–Trinajstić information content (AvgIpc) is 3.58. The van der Waals surface area contributed by atoms with Crippen LogP contribution in [0.15, 0.2) is 28.2 Å². The molecule has 1 saturated carbocycles. The third-order valence-corrected chi connectivity index (χ3v) is 6.17. The molecule has 1 aliphatic heterocycles. The molecule has 7 nitrogen and oxygen atoms in total. The fraction of sp³-hybridized carbons (Fsp3) is 0.455. The highest BCUT2D eigenvalue weighted by Crippen LogP contribution is 2.44. The summed E-state index contributed by atoms with van der Waals surface area (Å²) in [5.74, 6) is -1.61. The van der Waals surface area contributed by atoms with E-state index in [1.54, 1.807) is 4.57 Å². The lowest BCUT2D eigenvalue weighted by atomic mass is 9.97. The van der Waals surface area contributed by atoms with E-state index >= 15 is 4.39 Å². The van der Waals surface area contributed by atoms with E-state index < -0.39 is 17.2 Å². The number of piperidine rings is 1. The molecule has 8 heteroatoms. The molecule has 0 spiro atoms. The van der Waals surface area contributed by atoms with E-state index in [-0.39, 0.29) is 22.7 Å². The lowest BCUT2D eigenvalue weighted by Gasteiger charge is -2.33. The molecule has 2 fully saturated rings. The van der Waals surface area contributed by atoms with Gasteiger partial charge in [-0.25, -0.2) is 9.18 Å². The van der Waals surface area contributed by atoms with Crippen molar-refractivity contribution in [1.82, 2.24) is 4.57 Å². The van der Waals surface area contributed by atoms with E-state index in [0.717, 1.165) is 31.7 Å². The molecule has 2 aliphatic rings. The van der Waals surface area contributed by atoms with Crippen LogP contribution in [-0.2, 0) is 0 Å². The van der Waals surface area contributed by atoms with Crippen LogP contribution in [0.1, 0.15) is 49.0 Å². The molecule has 0 unspecified atom stereocenters. The van der Waals surface area contributed by atoms with Crippen LogP contribution in [0.25, 0.3) is 10.9 Å². The van der Waals surface area contributed by atoms with Crippen LogP contribution in [0, 0.1) is 5.82 Å². The average molecular weight is 415 g/mol. The van der Waals surface area contributed by atoms with Crippen molar-refractivity contribution >= 4 is 22.6 Å². The third kappa shape index (κ3) is 3.35. The molecule has 1 aliphatic carbocycles. The van der Waals surface area contributed by atoms with Gasteiger partial charge in [-0.15, -0.1) is 0 Å². The molecule has 2 aromatic rings. The van der Waals surface area contributed by atoms with Gasteiger partial charge in [0, 0.05) is 31.9 Å². The van der Waals surface area contributed by atoms with Crippen molar-refractivity contribution in [3.8, 4) is 5.75 Å². The number of hydrogen-bond acceptors (Lipinski definition) is 5. The largest absolute Gasteiger partial charge is 0.492 e. The summed E-state index contributed by atoms with van der Waals surface area (Å²) < 4.78 is 22.7. The molecular weight excluding hydrogens is 389 g/mol. The summed E-state index contributed by atoms with van der Waals surface area (Å²) in [6, 6.07) is 1.25. The summed E-state index contributed by atoms with van der Waals surface area (Å²) in [5.41, 5.74) is 7.97. The second kappa shape index (κ2) is 7.75. The van der Waals surface area contributed by atoms with Crippen molar-refractivity contribution in [2.75, 3.05) is 31.6 Å². The molecular formula is C22H26FN3O4. The number of methoxy groups -OCH3 is 1. The van der Waals surface area contributed by atoms with E-state index in [1.165, 1.54) is 24.5 Å². The SMILES string of the molecule is COc1c(N2CCC(=C(C)CN)CC2)c(F)cc2c(=O)c(C(=O)O)cn(C3CC3)c12. The Balaban J connectivity index is 1.89. The number of pyridine rings is 1. The van der Waals surface area contributed by atoms with Crippen LogP contribution in [0.2, 0.25) is 0 Å². The number of nitrogens with two attached hydrogens (primary N) is 1. The molecule has 1 saturated heterocycles. The highest BCUT2D eigenvalue weighted by molar-refractivity contribution is 5.97. The number of anilines is 1. The number of ether oxygens (including phenoxy) is 1. The minimum Gasteiger partial charge on any atom is -0.492 e. The zero-order chi connectivity index (χ0) is 21.6. The summed E-state index contributed by atoms with van der Waals surface area (Å²) in [4.78, 5) is 26.3. The molecule has 2 heterocycles. The third-order valence-electron chi connectivity index (χ3n) is 6.17. The Morgan fingerprint density at radius 1 is 1.33 bits per heavy atom. The lowest BCUT2D eigenvalue weighted by molar-refractivity contribution is 0.0695. The fourth-order valence-electron chi connectivity index (χ4n) is 4.30. The maximum absolute atomic E-state index is 15.3. The first-order valence-corrected chi connectivity index (χ1v) is 10.2. The van der Waals surface area contributed by atoms with E-state index in [1.807, 2.05) is 11.8 Å². The predicted molar refractivity (Wildman–Crippen MR) is 113 cm³/mol. The Labute approximate surface area is 173 Å². The van der Waals surface area contributed by atoms with Gasteiger partial charge in [-0.3, -0.25) is 4.79 Å². The van der Waals surface area contributed by atoms with Crippen LogP contribution in [0.5, 0.6) is 5.75 Å². The Morgan fingerprint density at radius 2 is 2.00 bits per heavy atom. The second-order valence-electron chi connectivity index (χ2n) is 8.03. The van der Waals surface area contributed by atoms with Gasteiger partial charge >= 0.3 is 5.97 Å². The van der Waals surface area contributed by atoms with Crippen LogP contribution in [-0.4, -0.2) is 42.4 Å². The van der Waals surface area contributed by atoms with Gasteiger partial charge in [-0.2, -0.15) is 0 Å². The van der Waals surface area contributed by atoms with Crippen LogP contribution < -0.4 is 20.8 Å². The van der Waals surface area contributed by atoms with Gasteiger partial charge in [-0.1, -0.05) is 11.1 Å². The number of halogens is 1. The number of aromatic nitrogens is 1. The summed E-state index contributed by atoms with van der Waals surface area (Å²) in [6.45, 7) is 3.78. The monoisotopic (exact) mass is 415 g/mol. The number of aromatic carboxylic acids is 1. The molecule has 0 bridgehead atoms. The number of carbonyl (C=O) groups is 1. The quantitative estimate of drug-likeness (QED) is 0.729. The molecule has 160 valence electrons. The van der Waals surface area contributed by atoms with Crippen molar-refractivity contribution < 1.29 is 19.0 Å². The van der Waals surface area contributed by atoms with Crippen LogP contribution >= 0.6 is 0 Å². The number of carboxylic acids is 1. The Morgan fingerprint density at radius 3 is 2.53 bits per heavy atom. The van der Waals surface area contributed by atoms with Crippen LogP contribution in [0.4, 0.5) is 10.1 Å². The van der Waals surface area contributed by atoms with E-state index in [4.69, 9.17) is 10.5 Å². The minimum absolute atomic E-state index is 0.0384. The summed E-state index contributed by atoms with van der Waals surface area (Å²) >= 11 is 0. The highest BCUT2D eigenvalue weighted by atomic mass is 19.1. The van der Waals surface area contributed by atoms with Crippen LogP contribution in [0.3, 0.4) is 0 Å².